The van der Waals surface area contributed by atoms with Crippen LogP contribution in [-0.2, 0) is 10.3 Å². The van der Waals surface area contributed by atoms with Crippen LogP contribution in [0.2, 0.25) is 0 Å². The lowest BCUT2D eigenvalue weighted by atomic mass is 9.65. The number of nitrogens with zero attached hydrogens (tertiary/aromatic N) is 3. The van der Waals surface area contributed by atoms with E-state index in [2.05, 4.69) is 24.2 Å². The Hall–Kier alpha value is -1.47. The van der Waals surface area contributed by atoms with Crippen LogP contribution in [-0.4, -0.2) is 42.9 Å². The van der Waals surface area contributed by atoms with Gasteiger partial charge in [0.1, 0.15) is 11.8 Å². The van der Waals surface area contributed by atoms with Crippen molar-refractivity contribution in [3.63, 3.8) is 0 Å². The number of aliphatic carboxylic acids is 1. The highest BCUT2D eigenvalue weighted by Gasteiger charge is 2.48. The second kappa shape index (κ2) is 6.34. The van der Waals surface area contributed by atoms with Gasteiger partial charge >= 0.3 is 5.97 Å². The molecule has 1 aliphatic rings. The molecule has 1 aromatic heterocycles. The van der Waals surface area contributed by atoms with E-state index in [9.17, 15) is 15.0 Å². The summed E-state index contributed by atoms with van der Waals surface area (Å²) in [6.45, 7) is 3.85. The molecule has 2 rings (SSSR count). The summed E-state index contributed by atoms with van der Waals surface area (Å²) in [5.41, 5.74) is -0.688. The Bertz CT molecular complexity index is 515. The van der Waals surface area contributed by atoms with E-state index in [1.54, 1.807) is 0 Å². The summed E-state index contributed by atoms with van der Waals surface area (Å²) in [5.74, 6) is -0.914. The van der Waals surface area contributed by atoms with Crippen molar-refractivity contribution in [2.75, 3.05) is 6.61 Å². The van der Waals surface area contributed by atoms with Gasteiger partial charge in [-0.15, -0.1) is 5.10 Å². The van der Waals surface area contributed by atoms with Crippen molar-refractivity contribution < 1.29 is 20.1 Å². The van der Waals surface area contributed by atoms with Gasteiger partial charge in [-0.25, -0.2) is 9.48 Å². The summed E-state index contributed by atoms with van der Waals surface area (Å²) in [6.07, 6.45) is 5.09. The van der Waals surface area contributed by atoms with Crippen LogP contribution in [0.1, 0.15) is 64.2 Å². The Kier molecular flexibility index (Phi) is 4.87. The van der Waals surface area contributed by atoms with E-state index in [-0.39, 0.29) is 11.1 Å². The van der Waals surface area contributed by atoms with E-state index >= 15 is 0 Å². The van der Waals surface area contributed by atoms with Gasteiger partial charge in [-0.05, 0) is 31.1 Å². The first kappa shape index (κ1) is 16.9. The molecule has 7 heteroatoms. The summed E-state index contributed by atoms with van der Waals surface area (Å²) < 4.78 is 1.36. The summed E-state index contributed by atoms with van der Waals surface area (Å²) in [5, 5.41) is 36.1. The maximum Gasteiger partial charge on any atom is 0.331 e. The summed E-state index contributed by atoms with van der Waals surface area (Å²) in [6, 6.07) is 0. The van der Waals surface area contributed by atoms with Crippen LogP contribution < -0.4 is 0 Å². The van der Waals surface area contributed by atoms with E-state index in [1.165, 1.54) is 10.9 Å². The second-order valence-electron chi connectivity index (χ2n) is 6.33. The lowest BCUT2D eigenvalue weighted by Crippen LogP contribution is -2.47. The van der Waals surface area contributed by atoms with Gasteiger partial charge in [0.05, 0.1) is 12.8 Å². The lowest BCUT2D eigenvalue weighted by molar-refractivity contribution is -0.152. The molecule has 0 aromatic carbocycles. The van der Waals surface area contributed by atoms with Crippen molar-refractivity contribution in [3.8, 4) is 0 Å². The van der Waals surface area contributed by atoms with E-state index < -0.39 is 24.2 Å². The third kappa shape index (κ3) is 2.75. The number of aliphatic hydroxyl groups is 2. The fourth-order valence-corrected chi connectivity index (χ4v) is 3.42. The lowest BCUT2D eigenvalue weighted by Gasteiger charge is -2.43. The van der Waals surface area contributed by atoms with E-state index in [0.717, 1.165) is 25.7 Å². The summed E-state index contributed by atoms with van der Waals surface area (Å²) in [7, 11) is 0. The van der Waals surface area contributed by atoms with Gasteiger partial charge in [0.25, 0.3) is 0 Å². The molecule has 0 unspecified atom stereocenters. The van der Waals surface area contributed by atoms with Gasteiger partial charge in [-0.2, -0.15) is 0 Å². The minimum atomic E-state index is -1.13. The number of rotatable bonds is 6. The molecule has 0 saturated heterocycles. The highest BCUT2D eigenvalue weighted by Crippen LogP contribution is 2.48. The average molecular weight is 311 g/mol. The zero-order valence-electron chi connectivity index (χ0n) is 13.2. The SMILES string of the molecule is CCC1(CC)CCC(C(=O)O)(n2cc([C@H](O)CO)nn2)CC1. The van der Waals surface area contributed by atoms with Crippen molar-refractivity contribution in [1.82, 2.24) is 15.0 Å². The van der Waals surface area contributed by atoms with Crippen LogP contribution >= 0.6 is 0 Å². The maximum absolute atomic E-state index is 11.9. The number of hydrogen-bond donors (Lipinski definition) is 3. The Labute approximate surface area is 130 Å². The van der Waals surface area contributed by atoms with Crippen molar-refractivity contribution in [3.05, 3.63) is 11.9 Å². The number of carboxylic acid groups (broad SMARTS) is 1. The quantitative estimate of drug-likeness (QED) is 0.734. The standard InChI is InChI=1S/C15H25N3O4/c1-3-14(4-2)5-7-15(8-6-14,13(21)22)18-9-11(16-17-18)12(20)10-19/h9,12,19-20H,3-8,10H2,1-2H3,(H,21,22)/t12-/m1/s1. The fourth-order valence-electron chi connectivity index (χ4n) is 3.42. The molecule has 3 N–H and O–H groups in total. The molecule has 1 fully saturated rings. The number of carboxylic acids is 1. The molecule has 1 aromatic rings. The molecule has 1 heterocycles. The third-order valence-corrected chi connectivity index (χ3v) is 5.50. The zero-order valence-corrected chi connectivity index (χ0v) is 13.2. The van der Waals surface area contributed by atoms with Crippen LogP contribution in [0, 0.1) is 5.41 Å². The number of carbonyl (C=O) groups is 1. The van der Waals surface area contributed by atoms with E-state index in [0.29, 0.717) is 12.8 Å². The molecule has 22 heavy (non-hydrogen) atoms. The Morgan fingerprint density at radius 1 is 1.32 bits per heavy atom. The molecular formula is C15H25N3O4. The highest BCUT2D eigenvalue weighted by atomic mass is 16.4. The first-order valence-corrected chi connectivity index (χ1v) is 7.88. The molecule has 0 spiro atoms. The van der Waals surface area contributed by atoms with E-state index in [1.807, 2.05) is 0 Å². The monoisotopic (exact) mass is 311 g/mol. The van der Waals surface area contributed by atoms with Gasteiger partial charge in [-0.1, -0.05) is 31.9 Å². The largest absolute Gasteiger partial charge is 0.479 e. The zero-order chi connectivity index (χ0) is 16.4. The van der Waals surface area contributed by atoms with Crippen LogP contribution in [0.4, 0.5) is 0 Å². The minimum absolute atomic E-state index is 0.200. The van der Waals surface area contributed by atoms with Gasteiger partial charge in [-0.3, -0.25) is 0 Å². The number of aromatic nitrogens is 3. The Balaban J connectivity index is 2.28. The molecule has 124 valence electrons. The van der Waals surface area contributed by atoms with Crippen molar-refractivity contribution >= 4 is 5.97 Å². The van der Waals surface area contributed by atoms with E-state index in [4.69, 9.17) is 5.11 Å². The molecule has 1 saturated carbocycles. The molecular weight excluding hydrogens is 286 g/mol. The average Bonchev–Trinajstić information content (AvgIpc) is 3.04. The number of hydrogen-bond acceptors (Lipinski definition) is 5. The summed E-state index contributed by atoms with van der Waals surface area (Å²) in [4.78, 5) is 11.9. The third-order valence-electron chi connectivity index (χ3n) is 5.50. The topological polar surface area (TPSA) is 108 Å². The van der Waals surface area contributed by atoms with Gasteiger partial charge in [0.15, 0.2) is 5.54 Å². The molecule has 1 aliphatic carbocycles. The smallest absolute Gasteiger partial charge is 0.331 e. The van der Waals surface area contributed by atoms with Gasteiger partial charge in [0.2, 0.25) is 0 Å². The minimum Gasteiger partial charge on any atom is -0.479 e. The first-order valence-electron chi connectivity index (χ1n) is 7.88. The van der Waals surface area contributed by atoms with Crippen molar-refractivity contribution in [1.29, 1.82) is 0 Å². The number of aliphatic hydroxyl groups excluding tert-OH is 2. The Morgan fingerprint density at radius 3 is 2.36 bits per heavy atom. The normalized spacial score (nSPS) is 21.5. The first-order chi connectivity index (χ1) is 10.4. The van der Waals surface area contributed by atoms with Crippen molar-refractivity contribution in [2.45, 2.75) is 64.0 Å². The van der Waals surface area contributed by atoms with Crippen molar-refractivity contribution in [2.24, 2.45) is 5.41 Å². The van der Waals surface area contributed by atoms with Crippen LogP contribution in [0.25, 0.3) is 0 Å². The maximum atomic E-state index is 11.9. The molecule has 1 atom stereocenters. The molecule has 0 bridgehead atoms. The Morgan fingerprint density at radius 2 is 1.91 bits per heavy atom. The second-order valence-corrected chi connectivity index (χ2v) is 6.33. The van der Waals surface area contributed by atoms with Crippen LogP contribution in [0.3, 0.4) is 0 Å². The molecule has 0 amide bonds. The predicted octanol–water partition coefficient (Wildman–Crippen LogP) is 1.46. The van der Waals surface area contributed by atoms with Gasteiger partial charge in [0, 0.05) is 0 Å². The van der Waals surface area contributed by atoms with Gasteiger partial charge < -0.3 is 15.3 Å². The predicted molar refractivity (Wildman–Crippen MR) is 79.2 cm³/mol. The summed E-state index contributed by atoms with van der Waals surface area (Å²) >= 11 is 0. The molecule has 7 nitrogen and oxygen atoms in total. The van der Waals surface area contributed by atoms with Crippen LogP contribution in [0.15, 0.2) is 6.20 Å². The van der Waals surface area contributed by atoms with Crippen LogP contribution in [0.5, 0.6) is 0 Å². The molecule has 0 radical (unpaired) electrons. The highest BCUT2D eigenvalue weighted by molar-refractivity contribution is 5.76. The molecule has 0 aliphatic heterocycles. The fraction of sp³-hybridized carbons (Fsp3) is 0.800.